The maximum atomic E-state index is 13.7. The van der Waals surface area contributed by atoms with E-state index in [0.717, 1.165) is 29.5 Å². The number of piperidine rings is 1. The van der Waals surface area contributed by atoms with Gasteiger partial charge in [-0.05, 0) is 61.3 Å². The molecule has 1 aliphatic heterocycles. The van der Waals surface area contributed by atoms with Gasteiger partial charge in [-0.3, -0.25) is 14.0 Å². The van der Waals surface area contributed by atoms with Crippen LogP contribution in [0.1, 0.15) is 30.4 Å². The Labute approximate surface area is 225 Å². The summed E-state index contributed by atoms with van der Waals surface area (Å²) in [5.41, 5.74) is 2.59. The number of carbonyl (C=O) groups is 1. The Bertz CT molecular complexity index is 1310. The molecule has 3 aromatic rings. The van der Waals surface area contributed by atoms with Crippen LogP contribution in [-0.2, 0) is 27.9 Å². The summed E-state index contributed by atoms with van der Waals surface area (Å²) >= 11 is 0. The third-order valence-corrected chi connectivity index (χ3v) is 8.41. The maximum absolute atomic E-state index is 13.7. The zero-order valence-electron chi connectivity index (χ0n) is 21.9. The van der Waals surface area contributed by atoms with Gasteiger partial charge in [-0.25, -0.2) is 8.42 Å². The first-order chi connectivity index (χ1) is 18.4. The van der Waals surface area contributed by atoms with Crippen LogP contribution in [0.4, 0.5) is 5.69 Å². The highest BCUT2D eigenvalue weighted by molar-refractivity contribution is 7.92. The molecule has 3 aromatic carbocycles. The van der Waals surface area contributed by atoms with Crippen molar-refractivity contribution in [2.24, 2.45) is 0 Å². The quantitative estimate of drug-likeness (QED) is 0.395. The molecule has 0 atom stereocenters. The first-order valence-electron chi connectivity index (χ1n) is 12.8. The van der Waals surface area contributed by atoms with Gasteiger partial charge in [0, 0.05) is 19.2 Å². The van der Waals surface area contributed by atoms with Gasteiger partial charge in [0.05, 0.1) is 24.8 Å². The fraction of sp³-hybridized carbons (Fsp3) is 0.345. The average molecular weight is 538 g/mol. The molecule has 9 heteroatoms. The van der Waals surface area contributed by atoms with Crippen molar-refractivity contribution in [1.82, 2.24) is 10.2 Å². The molecule has 202 valence electrons. The van der Waals surface area contributed by atoms with E-state index in [1.807, 2.05) is 12.1 Å². The van der Waals surface area contributed by atoms with Crippen molar-refractivity contribution < 1.29 is 22.7 Å². The Morgan fingerprint density at radius 1 is 0.868 bits per heavy atom. The number of rotatable bonds is 11. The molecule has 1 fully saturated rings. The summed E-state index contributed by atoms with van der Waals surface area (Å²) < 4.78 is 38.9. The summed E-state index contributed by atoms with van der Waals surface area (Å²) in [6.07, 6.45) is 3.82. The first kappa shape index (κ1) is 27.5. The fourth-order valence-corrected chi connectivity index (χ4v) is 5.98. The van der Waals surface area contributed by atoms with E-state index in [9.17, 15) is 13.2 Å². The highest BCUT2D eigenvalue weighted by atomic mass is 32.2. The van der Waals surface area contributed by atoms with Gasteiger partial charge in [0.15, 0.2) is 11.5 Å². The normalized spacial score (nSPS) is 14.1. The summed E-state index contributed by atoms with van der Waals surface area (Å²) in [4.78, 5) is 15.4. The standard InChI is InChI=1S/C29H35N3O5S/c1-36-27-16-15-26(19-28(27)37-2)38(34,35)32(25-9-5-3-6-10-25)22-29(33)30-20-23-11-13-24(14-12-23)21-31-17-7-4-8-18-31/h3,5-6,9-16,19H,4,7-8,17-18,20-22H2,1-2H3,(H,30,33). The maximum Gasteiger partial charge on any atom is 0.264 e. The zero-order valence-corrected chi connectivity index (χ0v) is 22.7. The van der Waals surface area contributed by atoms with E-state index in [1.165, 1.54) is 57.2 Å². The number of benzene rings is 3. The van der Waals surface area contributed by atoms with E-state index in [1.54, 1.807) is 30.3 Å². The van der Waals surface area contributed by atoms with Crippen molar-refractivity contribution in [3.63, 3.8) is 0 Å². The van der Waals surface area contributed by atoms with Crippen LogP contribution in [0.25, 0.3) is 0 Å². The van der Waals surface area contributed by atoms with E-state index in [0.29, 0.717) is 18.0 Å². The zero-order chi connectivity index (χ0) is 27.0. The van der Waals surface area contributed by atoms with Gasteiger partial charge < -0.3 is 14.8 Å². The van der Waals surface area contributed by atoms with Gasteiger partial charge >= 0.3 is 0 Å². The van der Waals surface area contributed by atoms with E-state index in [4.69, 9.17) is 9.47 Å². The van der Waals surface area contributed by atoms with Gasteiger partial charge in [0.25, 0.3) is 10.0 Å². The minimum atomic E-state index is -4.08. The Morgan fingerprint density at radius 3 is 2.18 bits per heavy atom. The molecule has 1 N–H and O–H groups in total. The topological polar surface area (TPSA) is 88.2 Å². The lowest BCUT2D eigenvalue weighted by molar-refractivity contribution is -0.119. The van der Waals surface area contributed by atoms with E-state index < -0.39 is 15.9 Å². The number of hydrogen-bond donors (Lipinski definition) is 1. The van der Waals surface area contributed by atoms with Gasteiger partial charge in [-0.2, -0.15) is 0 Å². The lowest BCUT2D eigenvalue weighted by Gasteiger charge is -2.26. The second kappa shape index (κ2) is 12.8. The van der Waals surface area contributed by atoms with Crippen LogP contribution in [0.5, 0.6) is 11.5 Å². The molecule has 8 nitrogen and oxygen atoms in total. The molecule has 4 rings (SSSR count). The Hall–Kier alpha value is -3.56. The van der Waals surface area contributed by atoms with Crippen molar-refractivity contribution in [2.75, 3.05) is 38.2 Å². The second-order valence-electron chi connectivity index (χ2n) is 9.29. The number of nitrogens with zero attached hydrogens (tertiary/aromatic N) is 2. The molecule has 1 aliphatic rings. The lowest BCUT2D eigenvalue weighted by atomic mass is 10.1. The molecular formula is C29H35N3O5S. The monoisotopic (exact) mass is 537 g/mol. The van der Waals surface area contributed by atoms with Gasteiger partial charge in [-0.1, -0.05) is 48.9 Å². The molecule has 1 heterocycles. The van der Waals surface area contributed by atoms with Gasteiger partial charge in [-0.15, -0.1) is 0 Å². The molecular weight excluding hydrogens is 502 g/mol. The van der Waals surface area contributed by atoms with Crippen LogP contribution < -0.4 is 19.1 Å². The SMILES string of the molecule is COc1ccc(S(=O)(=O)N(CC(=O)NCc2ccc(CN3CCCCC3)cc2)c2ccccc2)cc1OC. The number of hydrogen-bond acceptors (Lipinski definition) is 6. The summed E-state index contributed by atoms with van der Waals surface area (Å²) in [5.74, 6) is 0.294. The van der Waals surface area contributed by atoms with Crippen molar-refractivity contribution in [2.45, 2.75) is 37.2 Å². The highest BCUT2D eigenvalue weighted by Crippen LogP contribution is 2.32. The van der Waals surface area contributed by atoms with Crippen LogP contribution in [0.3, 0.4) is 0 Å². The Kier molecular flexibility index (Phi) is 9.25. The van der Waals surface area contributed by atoms with Crippen molar-refractivity contribution in [1.29, 1.82) is 0 Å². The first-order valence-corrected chi connectivity index (χ1v) is 14.2. The predicted molar refractivity (Wildman–Crippen MR) is 148 cm³/mol. The summed E-state index contributed by atoms with van der Waals surface area (Å²) in [7, 11) is -1.15. The summed E-state index contributed by atoms with van der Waals surface area (Å²) in [6.45, 7) is 3.16. The van der Waals surface area contributed by atoms with E-state index in [-0.39, 0.29) is 17.2 Å². The van der Waals surface area contributed by atoms with Crippen LogP contribution in [0, 0.1) is 0 Å². The summed E-state index contributed by atoms with van der Waals surface area (Å²) in [6, 6.07) is 21.1. The van der Waals surface area contributed by atoms with Crippen LogP contribution in [-0.4, -0.2) is 53.1 Å². The number of methoxy groups -OCH3 is 2. The molecule has 0 aromatic heterocycles. The van der Waals surface area contributed by atoms with Crippen LogP contribution in [0.15, 0.2) is 77.7 Å². The predicted octanol–water partition coefficient (Wildman–Crippen LogP) is 4.20. The van der Waals surface area contributed by atoms with Crippen molar-refractivity contribution in [3.8, 4) is 11.5 Å². The molecule has 1 saturated heterocycles. The number of amides is 1. The van der Waals surface area contributed by atoms with Gasteiger partial charge in [0.2, 0.25) is 5.91 Å². The third-order valence-electron chi connectivity index (χ3n) is 6.64. The average Bonchev–Trinajstić information content (AvgIpc) is 2.96. The number of ether oxygens (including phenoxy) is 2. The number of para-hydroxylation sites is 1. The van der Waals surface area contributed by atoms with Crippen LogP contribution in [0.2, 0.25) is 0 Å². The Balaban J connectivity index is 1.45. The summed E-state index contributed by atoms with van der Waals surface area (Å²) in [5, 5.41) is 2.86. The third kappa shape index (κ3) is 6.85. The van der Waals surface area contributed by atoms with Crippen molar-refractivity contribution >= 4 is 21.6 Å². The Morgan fingerprint density at radius 2 is 1.53 bits per heavy atom. The number of sulfonamides is 1. The number of anilines is 1. The fourth-order valence-electron chi connectivity index (χ4n) is 4.54. The highest BCUT2D eigenvalue weighted by Gasteiger charge is 2.28. The molecule has 1 amide bonds. The smallest absolute Gasteiger partial charge is 0.264 e. The largest absolute Gasteiger partial charge is 0.493 e. The minimum Gasteiger partial charge on any atom is -0.493 e. The molecule has 0 radical (unpaired) electrons. The van der Waals surface area contributed by atoms with Gasteiger partial charge in [0.1, 0.15) is 6.54 Å². The lowest BCUT2D eigenvalue weighted by Crippen LogP contribution is -2.40. The molecule has 0 bridgehead atoms. The molecule has 38 heavy (non-hydrogen) atoms. The van der Waals surface area contributed by atoms with Crippen molar-refractivity contribution in [3.05, 3.63) is 83.9 Å². The van der Waals surface area contributed by atoms with E-state index >= 15 is 0 Å². The molecule has 0 saturated carbocycles. The van der Waals surface area contributed by atoms with Crippen LogP contribution >= 0.6 is 0 Å². The molecule has 0 unspecified atom stereocenters. The number of nitrogens with one attached hydrogen (secondary N) is 1. The second-order valence-corrected chi connectivity index (χ2v) is 11.2. The number of likely N-dealkylation sites (tertiary alicyclic amines) is 1. The molecule has 0 spiro atoms. The minimum absolute atomic E-state index is 0.00361. The number of carbonyl (C=O) groups excluding carboxylic acids is 1. The van der Waals surface area contributed by atoms with E-state index in [2.05, 4.69) is 22.3 Å². The molecule has 0 aliphatic carbocycles.